The number of carbonyl (C=O) groups excluding carboxylic acids is 2. The maximum absolute atomic E-state index is 11.6. The highest BCUT2D eigenvalue weighted by Gasteiger charge is 2.31. The van der Waals surface area contributed by atoms with Gasteiger partial charge in [-0.15, -0.1) is 0 Å². The topological polar surface area (TPSA) is 49.9 Å². The van der Waals surface area contributed by atoms with Crippen LogP contribution in [0.2, 0.25) is 0 Å². The zero-order valence-corrected chi connectivity index (χ0v) is 11.7. The summed E-state index contributed by atoms with van der Waals surface area (Å²) in [6, 6.07) is 0. The molecule has 5 nitrogen and oxygen atoms in total. The molecule has 0 aliphatic carbocycles. The van der Waals surface area contributed by atoms with Crippen LogP contribution in [-0.2, 0) is 14.3 Å². The first kappa shape index (κ1) is 15.9. The molecule has 0 rings (SSSR count). The molecule has 100 valence electrons. The molecule has 0 aliphatic heterocycles. The Morgan fingerprint density at radius 3 is 2.12 bits per heavy atom. The zero-order valence-electron chi connectivity index (χ0n) is 11.7. The van der Waals surface area contributed by atoms with Gasteiger partial charge in [-0.2, -0.15) is 0 Å². The molecule has 0 saturated heterocycles. The normalized spacial score (nSPS) is 11.5. The molecule has 0 aromatic rings. The molecule has 5 heteroatoms. The minimum Gasteiger partial charge on any atom is -0.469 e. The molecule has 0 heterocycles. The van der Waals surface area contributed by atoms with E-state index in [9.17, 15) is 9.59 Å². The van der Waals surface area contributed by atoms with Crippen molar-refractivity contribution < 1.29 is 14.3 Å². The van der Waals surface area contributed by atoms with Crippen LogP contribution in [0.5, 0.6) is 0 Å². The highest BCUT2D eigenvalue weighted by atomic mass is 16.5. The fourth-order valence-corrected chi connectivity index (χ4v) is 1.51. The molecule has 0 unspecified atom stereocenters. The standard InChI is InChI=1S/C12H24N2O3/c1-7-14(8-10(15)13(4)5)9-12(2,3)11(16)17-6/h7-9H2,1-6H3. The molecule has 0 saturated carbocycles. The molecule has 0 aromatic heterocycles. The molecule has 0 bridgehead atoms. The zero-order chi connectivity index (χ0) is 13.6. The average Bonchev–Trinajstić information content (AvgIpc) is 2.26. The van der Waals surface area contributed by atoms with Crippen LogP contribution in [0.25, 0.3) is 0 Å². The van der Waals surface area contributed by atoms with Crippen LogP contribution in [0.3, 0.4) is 0 Å². The summed E-state index contributed by atoms with van der Waals surface area (Å²) in [7, 11) is 4.83. The van der Waals surface area contributed by atoms with E-state index < -0.39 is 5.41 Å². The van der Waals surface area contributed by atoms with Crippen molar-refractivity contribution in [1.82, 2.24) is 9.80 Å². The van der Waals surface area contributed by atoms with Gasteiger partial charge in [0.1, 0.15) is 0 Å². The summed E-state index contributed by atoms with van der Waals surface area (Å²) in [6.07, 6.45) is 0. The predicted octanol–water partition coefficient (Wildman–Crippen LogP) is 0.596. The summed E-state index contributed by atoms with van der Waals surface area (Å²) in [5.41, 5.74) is -0.600. The Bertz CT molecular complexity index is 275. The van der Waals surface area contributed by atoms with Crippen molar-refractivity contribution in [3.8, 4) is 0 Å². The van der Waals surface area contributed by atoms with Gasteiger partial charge in [-0.25, -0.2) is 0 Å². The first-order valence-electron chi connectivity index (χ1n) is 5.75. The quantitative estimate of drug-likeness (QED) is 0.642. The molecular formula is C12H24N2O3. The molecule has 1 amide bonds. The predicted molar refractivity (Wildman–Crippen MR) is 66.6 cm³/mol. The summed E-state index contributed by atoms with van der Waals surface area (Å²) in [5, 5.41) is 0. The van der Waals surface area contributed by atoms with Crippen LogP contribution in [0.4, 0.5) is 0 Å². The van der Waals surface area contributed by atoms with E-state index in [0.29, 0.717) is 13.1 Å². The number of likely N-dealkylation sites (N-methyl/N-ethyl adjacent to an activating group) is 2. The van der Waals surface area contributed by atoms with Gasteiger partial charge in [0.15, 0.2) is 0 Å². The second kappa shape index (κ2) is 6.59. The highest BCUT2D eigenvalue weighted by molar-refractivity contribution is 5.78. The summed E-state index contributed by atoms with van der Waals surface area (Å²) in [5.74, 6) is -0.222. The van der Waals surface area contributed by atoms with E-state index >= 15 is 0 Å². The highest BCUT2D eigenvalue weighted by Crippen LogP contribution is 2.18. The van der Waals surface area contributed by atoms with Gasteiger partial charge >= 0.3 is 5.97 Å². The van der Waals surface area contributed by atoms with Crippen LogP contribution in [0, 0.1) is 5.41 Å². The Morgan fingerprint density at radius 1 is 1.24 bits per heavy atom. The lowest BCUT2D eigenvalue weighted by Gasteiger charge is -2.30. The van der Waals surface area contributed by atoms with Gasteiger partial charge in [0.2, 0.25) is 5.91 Å². The van der Waals surface area contributed by atoms with E-state index in [0.717, 1.165) is 6.54 Å². The summed E-state index contributed by atoms with van der Waals surface area (Å²) in [4.78, 5) is 26.7. The van der Waals surface area contributed by atoms with Crippen molar-refractivity contribution in [2.24, 2.45) is 5.41 Å². The first-order chi connectivity index (χ1) is 7.74. The molecule has 0 spiro atoms. The van der Waals surface area contributed by atoms with E-state index in [2.05, 4.69) is 0 Å². The molecule has 0 radical (unpaired) electrons. The van der Waals surface area contributed by atoms with Crippen LogP contribution >= 0.6 is 0 Å². The van der Waals surface area contributed by atoms with Gasteiger partial charge in [0.25, 0.3) is 0 Å². The number of methoxy groups -OCH3 is 1. The fraction of sp³-hybridized carbons (Fsp3) is 0.833. The Balaban J connectivity index is 4.50. The third-order valence-corrected chi connectivity index (χ3v) is 2.66. The molecule has 17 heavy (non-hydrogen) atoms. The van der Waals surface area contributed by atoms with Crippen molar-refractivity contribution >= 4 is 11.9 Å². The van der Waals surface area contributed by atoms with Crippen LogP contribution in [0.1, 0.15) is 20.8 Å². The van der Waals surface area contributed by atoms with Gasteiger partial charge < -0.3 is 9.64 Å². The maximum atomic E-state index is 11.6. The van der Waals surface area contributed by atoms with Gasteiger partial charge in [-0.3, -0.25) is 14.5 Å². The molecular weight excluding hydrogens is 220 g/mol. The van der Waals surface area contributed by atoms with E-state index in [4.69, 9.17) is 4.74 Å². The third-order valence-electron chi connectivity index (χ3n) is 2.66. The van der Waals surface area contributed by atoms with Crippen LogP contribution < -0.4 is 0 Å². The molecule has 0 aromatic carbocycles. The van der Waals surface area contributed by atoms with Crippen molar-refractivity contribution in [1.29, 1.82) is 0 Å². The summed E-state index contributed by atoms with van der Waals surface area (Å²) >= 11 is 0. The Morgan fingerprint density at radius 2 is 1.76 bits per heavy atom. The lowest BCUT2D eigenvalue weighted by atomic mass is 9.93. The minimum atomic E-state index is -0.600. The monoisotopic (exact) mass is 244 g/mol. The molecule has 0 N–H and O–H groups in total. The van der Waals surface area contributed by atoms with Gasteiger partial charge in [0, 0.05) is 20.6 Å². The summed E-state index contributed by atoms with van der Waals surface area (Å²) < 4.78 is 4.75. The van der Waals surface area contributed by atoms with Gasteiger partial charge in [-0.1, -0.05) is 6.92 Å². The minimum absolute atomic E-state index is 0.0347. The Hall–Kier alpha value is -1.10. The number of esters is 1. The average molecular weight is 244 g/mol. The van der Waals surface area contributed by atoms with E-state index in [1.165, 1.54) is 7.11 Å². The van der Waals surface area contributed by atoms with Gasteiger partial charge in [-0.05, 0) is 20.4 Å². The lowest BCUT2D eigenvalue weighted by molar-refractivity contribution is -0.152. The number of amides is 1. The number of ether oxygens (including phenoxy) is 1. The first-order valence-corrected chi connectivity index (χ1v) is 5.75. The number of carbonyl (C=O) groups is 2. The Kier molecular flexibility index (Phi) is 6.16. The SMILES string of the molecule is CCN(CC(=O)N(C)C)CC(C)(C)C(=O)OC. The third kappa shape index (κ3) is 5.17. The van der Waals surface area contributed by atoms with Gasteiger partial charge in [0.05, 0.1) is 19.1 Å². The maximum Gasteiger partial charge on any atom is 0.312 e. The second-order valence-corrected chi connectivity index (χ2v) is 4.97. The number of rotatable bonds is 6. The van der Waals surface area contributed by atoms with Crippen molar-refractivity contribution in [3.63, 3.8) is 0 Å². The largest absolute Gasteiger partial charge is 0.469 e. The molecule has 0 atom stereocenters. The molecule has 0 aliphatic rings. The van der Waals surface area contributed by atoms with Crippen LogP contribution in [-0.4, -0.2) is 62.5 Å². The number of hydrogen-bond donors (Lipinski definition) is 0. The fourth-order valence-electron chi connectivity index (χ4n) is 1.51. The smallest absolute Gasteiger partial charge is 0.312 e. The van der Waals surface area contributed by atoms with Crippen molar-refractivity contribution in [3.05, 3.63) is 0 Å². The summed E-state index contributed by atoms with van der Waals surface area (Å²) in [6.45, 7) is 7.17. The van der Waals surface area contributed by atoms with E-state index in [-0.39, 0.29) is 11.9 Å². The van der Waals surface area contributed by atoms with Crippen molar-refractivity contribution in [2.45, 2.75) is 20.8 Å². The van der Waals surface area contributed by atoms with E-state index in [1.807, 2.05) is 25.7 Å². The molecule has 0 fully saturated rings. The Labute approximate surface area is 104 Å². The lowest BCUT2D eigenvalue weighted by Crippen LogP contribution is -2.44. The number of nitrogens with zero attached hydrogens (tertiary/aromatic N) is 2. The number of hydrogen-bond acceptors (Lipinski definition) is 4. The second-order valence-electron chi connectivity index (χ2n) is 4.97. The van der Waals surface area contributed by atoms with E-state index in [1.54, 1.807) is 19.0 Å². The van der Waals surface area contributed by atoms with Crippen molar-refractivity contribution in [2.75, 3.05) is 40.8 Å². The van der Waals surface area contributed by atoms with Crippen LogP contribution in [0.15, 0.2) is 0 Å².